The van der Waals surface area contributed by atoms with Crippen molar-refractivity contribution >= 4 is 33.4 Å². The van der Waals surface area contributed by atoms with Crippen molar-refractivity contribution < 1.29 is 9.59 Å². The van der Waals surface area contributed by atoms with Crippen LogP contribution in [0.2, 0.25) is 0 Å². The van der Waals surface area contributed by atoms with Gasteiger partial charge in [-0.3, -0.25) is 14.6 Å². The second-order valence-electron chi connectivity index (χ2n) is 5.53. The second-order valence-corrected chi connectivity index (χ2v) is 6.38. The van der Waals surface area contributed by atoms with Gasteiger partial charge < -0.3 is 10.6 Å². The summed E-state index contributed by atoms with van der Waals surface area (Å²) in [6, 6.07) is 7.19. The Bertz CT molecular complexity index is 744. The van der Waals surface area contributed by atoms with Crippen molar-refractivity contribution in [2.24, 2.45) is 0 Å². The average Bonchev–Trinajstić information content (AvgIpc) is 2.49. The van der Waals surface area contributed by atoms with Crippen LogP contribution in [0.5, 0.6) is 0 Å². The van der Waals surface area contributed by atoms with Crippen LogP contribution >= 0.6 is 15.9 Å². The Morgan fingerprint density at radius 1 is 1.09 bits per heavy atom. The van der Waals surface area contributed by atoms with E-state index in [0.29, 0.717) is 16.8 Å². The van der Waals surface area contributed by atoms with E-state index in [-0.39, 0.29) is 17.9 Å². The Hall–Kier alpha value is -2.21. The maximum Gasteiger partial charge on any atom is 0.257 e. The molecule has 2 aromatic rings. The van der Waals surface area contributed by atoms with Gasteiger partial charge in [-0.2, -0.15) is 0 Å². The summed E-state index contributed by atoms with van der Waals surface area (Å²) < 4.78 is 0.799. The van der Waals surface area contributed by atoms with Crippen LogP contribution in [0.15, 0.2) is 41.1 Å². The quantitative estimate of drug-likeness (QED) is 0.858. The highest BCUT2D eigenvalue weighted by molar-refractivity contribution is 9.10. The number of nitrogens with one attached hydrogen (secondary N) is 2. The minimum Gasteiger partial charge on any atom is -0.350 e. The molecule has 0 saturated carbocycles. The second kappa shape index (κ2) is 7.37. The van der Waals surface area contributed by atoms with Gasteiger partial charge in [0.25, 0.3) is 11.8 Å². The van der Waals surface area contributed by atoms with Gasteiger partial charge in [-0.15, -0.1) is 0 Å². The number of hydrogen-bond donors (Lipinski definition) is 2. The molecule has 1 heterocycles. The van der Waals surface area contributed by atoms with Crippen LogP contribution < -0.4 is 10.6 Å². The largest absolute Gasteiger partial charge is 0.350 e. The molecule has 0 aliphatic heterocycles. The van der Waals surface area contributed by atoms with Gasteiger partial charge >= 0.3 is 0 Å². The van der Waals surface area contributed by atoms with Crippen molar-refractivity contribution in [3.63, 3.8) is 0 Å². The van der Waals surface area contributed by atoms with Crippen LogP contribution in [0, 0.1) is 6.92 Å². The molecule has 0 spiro atoms. The van der Waals surface area contributed by atoms with Crippen LogP contribution in [0.3, 0.4) is 0 Å². The van der Waals surface area contributed by atoms with E-state index in [1.165, 1.54) is 18.5 Å². The Labute approximate surface area is 143 Å². The highest BCUT2D eigenvalue weighted by Gasteiger charge is 2.13. The number of amides is 2. The molecular weight excluding hydrogens is 358 g/mol. The summed E-state index contributed by atoms with van der Waals surface area (Å²) in [7, 11) is 0. The fraction of sp³-hybridized carbons (Fsp3) is 0.235. The molecule has 2 amide bonds. The van der Waals surface area contributed by atoms with Crippen molar-refractivity contribution in [2.45, 2.75) is 26.8 Å². The summed E-state index contributed by atoms with van der Waals surface area (Å²) in [6.45, 7) is 5.71. The predicted molar refractivity (Wildman–Crippen MR) is 93.7 cm³/mol. The predicted octanol–water partition coefficient (Wildman–Crippen LogP) is 3.54. The molecule has 23 heavy (non-hydrogen) atoms. The Morgan fingerprint density at radius 3 is 2.35 bits per heavy atom. The van der Waals surface area contributed by atoms with Crippen LogP contribution in [0.1, 0.15) is 40.1 Å². The number of benzene rings is 1. The highest BCUT2D eigenvalue weighted by Crippen LogP contribution is 2.23. The number of hydrogen-bond acceptors (Lipinski definition) is 3. The van der Waals surface area contributed by atoms with E-state index >= 15 is 0 Å². The molecule has 0 unspecified atom stereocenters. The zero-order valence-electron chi connectivity index (χ0n) is 13.2. The maximum absolute atomic E-state index is 12.3. The molecule has 0 radical (unpaired) electrons. The molecule has 120 valence electrons. The topological polar surface area (TPSA) is 71.1 Å². The minimum absolute atomic E-state index is 0.0171. The van der Waals surface area contributed by atoms with E-state index in [1.807, 2.05) is 39.0 Å². The number of nitrogens with zero attached hydrogens (tertiary/aromatic N) is 1. The average molecular weight is 376 g/mol. The number of carbonyl (C=O) groups is 2. The summed E-state index contributed by atoms with van der Waals surface area (Å²) in [5.74, 6) is -0.570. The van der Waals surface area contributed by atoms with Gasteiger partial charge in [0.2, 0.25) is 0 Å². The number of carbonyl (C=O) groups excluding carboxylic acids is 2. The third kappa shape index (κ3) is 4.63. The van der Waals surface area contributed by atoms with Gasteiger partial charge in [0.1, 0.15) is 0 Å². The zero-order chi connectivity index (χ0) is 17.0. The molecule has 0 aliphatic rings. The van der Waals surface area contributed by atoms with E-state index in [4.69, 9.17) is 0 Å². The molecule has 0 bridgehead atoms. The Balaban J connectivity index is 2.18. The monoisotopic (exact) mass is 375 g/mol. The summed E-state index contributed by atoms with van der Waals surface area (Å²) in [6.07, 6.45) is 2.87. The Kier molecular flexibility index (Phi) is 5.50. The first-order chi connectivity index (χ1) is 10.9. The van der Waals surface area contributed by atoms with Crippen LogP contribution in [0.4, 0.5) is 5.69 Å². The van der Waals surface area contributed by atoms with Gasteiger partial charge in [-0.1, -0.05) is 6.07 Å². The van der Waals surface area contributed by atoms with Crippen LogP contribution in [-0.4, -0.2) is 22.8 Å². The molecule has 0 fully saturated rings. The molecule has 0 saturated heterocycles. The molecule has 2 N–H and O–H groups in total. The molecule has 0 atom stereocenters. The molecule has 6 heteroatoms. The summed E-state index contributed by atoms with van der Waals surface area (Å²) in [5, 5.41) is 5.58. The number of halogens is 1. The summed E-state index contributed by atoms with van der Waals surface area (Å²) in [5.41, 5.74) is 2.43. The molecule has 2 rings (SSSR count). The normalized spacial score (nSPS) is 10.5. The van der Waals surface area contributed by atoms with Gasteiger partial charge in [-0.25, -0.2) is 0 Å². The lowest BCUT2D eigenvalue weighted by atomic mass is 10.1. The lowest BCUT2D eigenvalue weighted by molar-refractivity contribution is 0.0942. The lowest BCUT2D eigenvalue weighted by Gasteiger charge is -2.10. The fourth-order valence-electron chi connectivity index (χ4n) is 1.95. The van der Waals surface area contributed by atoms with Crippen molar-refractivity contribution in [1.82, 2.24) is 10.3 Å². The van der Waals surface area contributed by atoms with Crippen molar-refractivity contribution in [1.29, 1.82) is 0 Å². The van der Waals surface area contributed by atoms with Crippen LogP contribution in [-0.2, 0) is 0 Å². The van der Waals surface area contributed by atoms with Gasteiger partial charge in [0, 0.05) is 22.9 Å². The Morgan fingerprint density at radius 2 is 1.74 bits per heavy atom. The maximum atomic E-state index is 12.3. The first-order valence-electron chi connectivity index (χ1n) is 7.20. The van der Waals surface area contributed by atoms with E-state index in [0.717, 1.165) is 10.0 Å². The van der Waals surface area contributed by atoms with E-state index in [9.17, 15) is 9.59 Å². The van der Waals surface area contributed by atoms with Crippen molar-refractivity contribution in [2.75, 3.05) is 5.32 Å². The number of rotatable bonds is 4. The zero-order valence-corrected chi connectivity index (χ0v) is 14.8. The molecule has 0 aliphatic carbocycles. The van der Waals surface area contributed by atoms with Gasteiger partial charge in [-0.05, 0) is 60.5 Å². The standard InChI is InChI=1S/C17H18BrN3O2/c1-10(2)20-16(22)12-7-13(9-19-8-12)17(23)21-15-5-4-11(3)6-14(15)18/h4-10H,1-3H3,(H,20,22)(H,21,23). The number of aromatic nitrogens is 1. The molecular formula is C17H18BrN3O2. The van der Waals surface area contributed by atoms with Crippen LogP contribution in [0.25, 0.3) is 0 Å². The number of anilines is 1. The minimum atomic E-state index is -0.318. The summed E-state index contributed by atoms with van der Waals surface area (Å²) in [4.78, 5) is 28.3. The van der Waals surface area contributed by atoms with Crippen molar-refractivity contribution in [3.05, 3.63) is 57.8 Å². The third-order valence-electron chi connectivity index (χ3n) is 3.06. The SMILES string of the molecule is Cc1ccc(NC(=O)c2cncc(C(=O)NC(C)C)c2)c(Br)c1. The first kappa shape index (κ1) is 17.1. The van der Waals surface area contributed by atoms with E-state index < -0.39 is 0 Å². The number of aryl methyl sites for hydroxylation is 1. The molecule has 1 aromatic heterocycles. The van der Waals surface area contributed by atoms with E-state index in [1.54, 1.807) is 0 Å². The van der Waals surface area contributed by atoms with Gasteiger partial charge in [0.15, 0.2) is 0 Å². The fourth-order valence-corrected chi connectivity index (χ4v) is 2.54. The smallest absolute Gasteiger partial charge is 0.257 e. The van der Waals surface area contributed by atoms with Crippen molar-refractivity contribution in [3.8, 4) is 0 Å². The van der Waals surface area contributed by atoms with E-state index in [2.05, 4.69) is 31.5 Å². The number of pyridine rings is 1. The lowest BCUT2D eigenvalue weighted by Crippen LogP contribution is -2.30. The molecule has 1 aromatic carbocycles. The highest BCUT2D eigenvalue weighted by atomic mass is 79.9. The molecule has 5 nitrogen and oxygen atoms in total. The van der Waals surface area contributed by atoms with Gasteiger partial charge in [0.05, 0.1) is 16.8 Å². The summed E-state index contributed by atoms with van der Waals surface area (Å²) >= 11 is 3.42. The first-order valence-corrected chi connectivity index (χ1v) is 7.99. The third-order valence-corrected chi connectivity index (χ3v) is 3.71.